The average molecular weight is 380 g/mol. The standard InChI is InChI=1S/C14H13BrCl2OS/c1-8(2)18-10-5-3-4-9(6-10)13(15)11-7-12(16)19-14(11)17/h3-8,13H,1-2H3. The fraction of sp³-hybridized carbons (Fsp3) is 0.286. The van der Waals surface area contributed by atoms with Gasteiger partial charge in [-0.05, 0) is 37.6 Å². The lowest BCUT2D eigenvalue weighted by Gasteiger charge is -2.13. The molecule has 0 saturated carbocycles. The van der Waals surface area contributed by atoms with E-state index in [1.54, 1.807) is 0 Å². The molecule has 0 N–H and O–H groups in total. The van der Waals surface area contributed by atoms with Crippen molar-refractivity contribution >= 4 is 50.5 Å². The average Bonchev–Trinajstić information content (AvgIpc) is 2.67. The van der Waals surface area contributed by atoms with E-state index in [-0.39, 0.29) is 10.9 Å². The summed E-state index contributed by atoms with van der Waals surface area (Å²) in [5.74, 6) is 0.856. The molecule has 0 bridgehead atoms. The lowest BCUT2D eigenvalue weighted by Crippen LogP contribution is -2.05. The van der Waals surface area contributed by atoms with Crippen LogP contribution in [0.2, 0.25) is 8.67 Å². The second-order valence-electron chi connectivity index (χ2n) is 4.38. The highest BCUT2D eigenvalue weighted by molar-refractivity contribution is 9.09. The topological polar surface area (TPSA) is 9.23 Å². The van der Waals surface area contributed by atoms with Gasteiger partial charge in [0, 0.05) is 5.56 Å². The molecule has 1 aromatic heterocycles. The first-order valence-corrected chi connectivity index (χ1v) is 8.31. The van der Waals surface area contributed by atoms with Crippen molar-refractivity contribution in [2.45, 2.75) is 24.8 Å². The number of alkyl halides is 1. The maximum atomic E-state index is 6.19. The zero-order valence-electron chi connectivity index (χ0n) is 10.5. The third-order valence-corrected chi connectivity index (χ3v) is 5.02. The van der Waals surface area contributed by atoms with Gasteiger partial charge in [0.05, 0.1) is 19.6 Å². The number of ether oxygens (including phenoxy) is 1. The molecule has 2 rings (SSSR count). The quantitative estimate of drug-likeness (QED) is 0.564. The SMILES string of the molecule is CC(C)Oc1cccc(C(Br)c2cc(Cl)sc2Cl)c1. The Kier molecular flexibility index (Phi) is 5.18. The van der Waals surface area contributed by atoms with E-state index in [2.05, 4.69) is 15.9 Å². The molecule has 1 atom stereocenters. The summed E-state index contributed by atoms with van der Waals surface area (Å²) >= 11 is 17.2. The molecule has 0 fully saturated rings. The van der Waals surface area contributed by atoms with Crippen molar-refractivity contribution in [3.8, 4) is 5.75 Å². The van der Waals surface area contributed by atoms with Crippen LogP contribution in [0.25, 0.3) is 0 Å². The van der Waals surface area contributed by atoms with Crippen molar-refractivity contribution < 1.29 is 4.74 Å². The van der Waals surface area contributed by atoms with Gasteiger partial charge in [-0.15, -0.1) is 11.3 Å². The minimum absolute atomic E-state index is 0.0134. The molecular formula is C14H13BrCl2OS. The van der Waals surface area contributed by atoms with Gasteiger partial charge in [0.25, 0.3) is 0 Å². The molecule has 1 aromatic carbocycles. The van der Waals surface area contributed by atoms with Crippen molar-refractivity contribution in [1.82, 2.24) is 0 Å². The highest BCUT2D eigenvalue weighted by Gasteiger charge is 2.17. The van der Waals surface area contributed by atoms with Crippen LogP contribution in [0.15, 0.2) is 30.3 Å². The van der Waals surface area contributed by atoms with E-state index in [1.807, 2.05) is 44.2 Å². The second kappa shape index (κ2) is 6.49. The molecule has 0 saturated heterocycles. The Hall–Kier alpha value is -0.220. The molecule has 19 heavy (non-hydrogen) atoms. The van der Waals surface area contributed by atoms with Gasteiger partial charge in [-0.3, -0.25) is 0 Å². The van der Waals surface area contributed by atoms with Crippen LogP contribution >= 0.6 is 50.5 Å². The van der Waals surface area contributed by atoms with Crippen molar-refractivity contribution in [3.05, 3.63) is 50.1 Å². The molecule has 1 nitrogen and oxygen atoms in total. The number of benzene rings is 1. The van der Waals surface area contributed by atoms with Gasteiger partial charge in [0.2, 0.25) is 0 Å². The van der Waals surface area contributed by atoms with Crippen molar-refractivity contribution in [1.29, 1.82) is 0 Å². The summed E-state index contributed by atoms with van der Waals surface area (Å²) in [5, 5.41) is 0. The first kappa shape index (κ1) is 15.2. The molecule has 0 aliphatic carbocycles. The molecule has 0 aliphatic heterocycles. The number of halogens is 3. The molecule has 2 aromatic rings. The molecule has 0 aliphatic rings. The highest BCUT2D eigenvalue weighted by Crippen LogP contribution is 2.42. The molecule has 0 radical (unpaired) electrons. The highest BCUT2D eigenvalue weighted by atomic mass is 79.9. The third kappa shape index (κ3) is 3.88. The van der Waals surface area contributed by atoms with Crippen LogP contribution in [-0.4, -0.2) is 6.10 Å². The lowest BCUT2D eigenvalue weighted by atomic mass is 10.1. The molecule has 1 heterocycles. The summed E-state index contributed by atoms with van der Waals surface area (Å²) in [6.45, 7) is 4.02. The fourth-order valence-electron chi connectivity index (χ4n) is 1.72. The van der Waals surface area contributed by atoms with Gasteiger partial charge >= 0.3 is 0 Å². The number of hydrogen-bond acceptors (Lipinski definition) is 2. The molecule has 0 spiro atoms. The second-order valence-corrected chi connectivity index (χ2v) is 7.58. The van der Waals surface area contributed by atoms with Crippen LogP contribution < -0.4 is 4.74 Å². The summed E-state index contributed by atoms with van der Waals surface area (Å²) in [5.41, 5.74) is 2.08. The van der Waals surface area contributed by atoms with E-state index in [4.69, 9.17) is 27.9 Å². The van der Waals surface area contributed by atoms with Crippen LogP contribution in [-0.2, 0) is 0 Å². The Balaban J connectivity index is 2.28. The predicted octanol–water partition coefficient (Wildman–Crippen LogP) is 6.33. The van der Waals surface area contributed by atoms with Gasteiger partial charge in [-0.25, -0.2) is 0 Å². The number of hydrogen-bond donors (Lipinski definition) is 0. The van der Waals surface area contributed by atoms with Crippen molar-refractivity contribution in [2.24, 2.45) is 0 Å². The Morgan fingerprint density at radius 1 is 1.21 bits per heavy atom. The van der Waals surface area contributed by atoms with Crippen LogP contribution in [0.3, 0.4) is 0 Å². The predicted molar refractivity (Wildman–Crippen MR) is 87.3 cm³/mol. The summed E-state index contributed by atoms with van der Waals surface area (Å²) < 4.78 is 7.10. The molecule has 102 valence electrons. The van der Waals surface area contributed by atoms with Gasteiger partial charge < -0.3 is 4.74 Å². The third-order valence-electron chi connectivity index (χ3n) is 2.48. The van der Waals surface area contributed by atoms with E-state index >= 15 is 0 Å². The fourth-order valence-corrected chi connectivity index (χ4v) is 4.18. The minimum atomic E-state index is 0.0134. The zero-order valence-corrected chi connectivity index (χ0v) is 14.4. The molecule has 5 heteroatoms. The minimum Gasteiger partial charge on any atom is -0.491 e. The van der Waals surface area contributed by atoms with Gasteiger partial charge in [0.15, 0.2) is 0 Å². The summed E-state index contributed by atoms with van der Waals surface area (Å²) in [4.78, 5) is 0.0134. The Morgan fingerprint density at radius 2 is 1.95 bits per heavy atom. The van der Waals surface area contributed by atoms with Crippen molar-refractivity contribution in [2.75, 3.05) is 0 Å². The van der Waals surface area contributed by atoms with Gasteiger partial charge in [-0.1, -0.05) is 51.3 Å². The largest absolute Gasteiger partial charge is 0.491 e. The van der Waals surface area contributed by atoms with E-state index in [1.165, 1.54) is 11.3 Å². The van der Waals surface area contributed by atoms with Crippen LogP contribution in [0.5, 0.6) is 5.75 Å². The van der Waals surface area contributed by atoms with E-state index in [0.29, 0.717) is 8.67 Å². The number of rotatable bonds is 4. The normalized spacial score (nSPS) is 12.7. The van der Waals surface area contributed by atoms with Crippen LogP contribution in [0, 0.1) is 0 Å². The van der Waals surface area contributed by atoms with Crippen molar-refractivity contribution in [3.63, 3.8) is 0 Å². The Labute approximate surface area is 135 Å². The van der Waals surface area contributed by atoms with E-state index in [0.717, 1.165) is 16.9 Å². The Bertz CT molecular complexity index is 568. The van der Waals surface area contributed by atoms with E-state index < -0.39 is 0 Å². The summed E-state index contributed by atoms with van der Waals surface area (Å²) in [7, 11) is 0. The first-order chi connectivity index (χ1) is 8.97. The summed E-state index contributed by atoms with van der Waals surface area (Å²) in [6.07, 6.45) is 0.156. The van der Waals surface area contributed by atoms with Crippen LogP contribution in [0.4, 0.5) is 0 Å². The monoisotopic (exact) mass is 378 g/mol. The molecular weight excluding hydrogens is 367 g/mol. The van der Waals surface area contributed by atoms with Gasteiger partial charge in [-0.2, -0.15) is 0 Å². The smallest absolute Gasteiger partial charge is 0.120 e. The van der Waals surface area contributed by atoms with Crippen LogP contribution in [0.1, 0.15) is 29.8 Å². The first-order valence-electron chi connectivity index (χ1n) is 5.83. The maximum Gasteiger partial charge on any atom is 0.120 e. The van der Waals surface area contributed by atoms with E-state index in [9.17, 15) is 0 Å². The molecule has 0 amide bonds. The number of thiophene rings is 1. The van der Waals surface area contributed by atoms with Gasteiger partial charge in [0.1, 0.15) is 5.75 Å². The lowest BCUT2D eigenvalue weighted by molar-refractivity contribution is 0.242. The summed E-state index contributed by atoms with van der Waals surface area (Å²) in [6, 6.07) is 9.87. The molecule has 1 unspecified atom stereocenters. The Morgan fingerprint density at radius 3 is 2.53 bits per heavy atom. The zero-order chi connectivity index (χ0) is 14.0. The maximum absolute atomic E-state index is 6.19.